The molecule has 2 N–H and O–H groups in total. The average molecular weight is 357 g/mol. The van der Waals surface area contributed by atoms with Crippen molar-refractivity contribution in [1.82, 2.24) is 10.2 Å². The number of fused-ring (bicyclic) bond motifs is 1. The number of para-hydroxylation sites is 1. The van der Waals surface area contributed by atoms with E-state index in [2.05, 4.69) is 15.5 Å². The van der Waals surface area contributed by atoms with Crippen molar-refractivity contribution in [3.05, 3.63) is 29.8 Å². The van der Waals surface area contributed by atoms with Crippen LogP contribution in [0.4, 0.5) is 5.69 Å². The molecular weight excluding hydrogens is 330 g/mol. The zero-order chi connectivity index (χ0) is 18.0. The molecule has 2 aliphatic heterocycles. The van der Waals surface area contributed by atoms with Gasteiger partial charge in [0.2, 0.25) is 11.8 Å². The summed E-state index contributed by atoms with van der Waals surface area (Å²) < 4.78 is 5.50. The van der Waals surface area contributed by atoms with Gasteiger partial charge in [-0.15, -0.1) is 0 Å². The van der Waals surface area contributed by atoms with E-state index in [1.54, 1.807) is 0 Å². The molecule has 1 atom stereocenters. The summed E-state index contributed by atoms with van der Waals surface area (Å²) in [5.41, 5.74) is 1.34. The van der Waals surface area contributed by atoms with Crippen LogP contribution in [-0.2, 0) is 14.3 Å². The van der Waals surface area contributed by atoms with Gasteiger partial charge in [-0.05, 0) is 24.5 Å². The molecule has 1 aliphatic carbocycles. The highest BCUT2D eigenvalue weighted by Gasteiger charge is 2.46. The number of ether oxygens (including phenoxy) is 1. The van der Waals surface area contributed by atoms with Crippen molar-refractivity contribution in [2.24, 2.45) is 0 Å². The second-order valence-corrected chi connectivity index (χ2v) is 7.56. The molecule has 1 aromatic rings. The van der Waals surface area contributed by atoms with Crippen molar-refractivity contribution in [3.8, 4) is 0 Å². The van der Waals surface area contributed by atoms with Crippen LogP contribution in [0.15, 0.2) is 24.3 Å². The summed E-state index contributed by atoms with van der Waals surface area (Å²) in [5, 5.41) is 6.13. The Morgan fingerprint density at radius 3 is 2.65 bits per heavy atom. The first-order valence-corrected chi connectivity index (χ1v) is 9.72. The Labute approximate surface area is 154 Å². The maximum absolute atomic E-state index is 13.5. The molecule has 1 aromatic carbocycles. The van der Waals surface area contributed by atoms with E-state index in [1.165, 1.54) is 6.42 Å². The van der Waals surface area contributed by atoms with E-state index < -0.39 is 5.54 Å². The Hall–Kier alpha value is -1.92. The third kappa shape index (κ3) is 3.23. The monoisotopic (exact) mass is 357 g/mol. The highest BCUT2D eigenvalue weighted by atomic mass is 16.5. The largest absolute Gasteiger partial charge is 0.379 e. The molecule has 0 bridgehead atoms. The molecular formula is C20H27N3O3. The summed E-state index contributed by atoms with van der Waals surface area (Å²) in [4.78, 5) is 27.9. The third-order valence-corrected chi connectivity index (χ3v) is 6.02. The number of amides is 2. The highest BCUT2D eigenvalue weighted by Crippen LogP contribution is 2.37. The van der Waals surface area contributed by atoms with Crippen LogP contribution in [0.2, 0.25) is 0 Å². The highest BCUT2D eigenvalue weighted by molar-refractivity contribution is 5.96. The van der Waals surface area contributed by atoms with E-state index in [1.807, 2.05) is 24.3 Å². The molecule has 2 heterocycles. The van der Waals surface area contributed by atoms with Crippen molar-refractivity contribution in [3.63, 3.8) is 0 Å². The van der Waals surface area contributed by atoms with Crippen molar-refractivity contribution in [1.29, 1.82) is 0 Å². The van der Waals surface area contributed by atoms with Crippen LogP contribution in [-0.4, -0.2) is 48.6 Å². The van der Waals surface area contributed by atoms with Gasteiger partial charge in [-0.2, -0.15) is 0 Å². The molecule has 26 heavy (non-hydrogen) atoms. The first-order valence-electron chi connectivity index (χ1n) is 9.72. The SMILES string of the molecule is O=C1CC(NC(=O)C2(N3CCOCC3)CCCCC2)c2ccccc2N1. The summed E-state index contributed by atoms with van der Waals surface area (Å²) in [5.74, 6) is 0.0340. The van der Waals surface area contributed by atoms with E-state index in [9.17, 15) is 9.59 Å². The summed E-state index contributed by atoms with van der Waals surface area (Å²) in [6.45, 7) is 2.97. The standard InChI is InChI=1S/C20H27N3O3/c24-18-14-17(15-6-2-3-7-16(15)21-18)22-19(25)20(8-4-1-5-9-20)23-10-12-26-13-11-23/h2-3,6-7,17H,1,4-5,8-14H2,(H,21,24)(H,22,25). The Bertz CT molecular complexity index is 679. The lowest BCUT2D eigenvalue weighted by Gasteiger charge is -2.47. The first kappa shape index (κ1) is 17.5. The molecule has 1 unspecified atom stereocenters. The maximum Gasteiger partial charge on any atom is 0.241 e. The van der Waals surface area contributed by atoms with Gasteiger partial charge in [-0.1, -0.05) is 37.5 Å². The minimum absolute atomic E-state index is 0.0435. The molecule has 2 fully saturated rings. The number of carbonyl (C=O) groups is 2. The molecule has 1 saturated heterocycles. The van der Waals surface area contributed by atoms with Gasteiger partial charge in [0, 0.05) is 18.8 Å². The number of carbonyl (C=O) groups excluding carboxylic acids is 2. The summed E-state index contributed by atoms with van der Waals surface area (Å²) in [6.07, 6.45) is 5.41. The van der Waals surface area contributed by atoms with Gasteiger partial charge in [0.15, 0.2) is 0 Å². The van der Waals surface area contributed by atoms with Crippen LogP contribution >= 0.6 is 0 Å². The normalized spacial score (nSPS) is 25.8. The zero-order valence-electron chi connectivity index (χ0n) is 15.1. The van der Waals surface area contributed by atoms with Crippen LogP contribution in [0, 0.1) is 0 Å². The fraction of sp³-hybridized carbons (Fsp3) is 0.600. The van der Waals surface area contributed by atoms with E-state index in [-0.39, 0.29) is 17.9 Å². The second-order valence-electron chi connectivity index (χ2n) is 7.56. The molecule has 6 nitrogen and oxygen atoms in total. The van der Waals surface area contributed by atoms with Gasteiger partial charge in [0.1, 0.15) is 5.54 Å². The van der Waals surface area contributed by atoms with Crippen molar-refractivity contribution in [2.45, 2.75) is 50.1 Å². The number of hydrogen-bond donors (Lipinski definition) is 2. The Morgan fingerprint density at radius 2 is 1.88 bits per heavy atom. The first-order chi connectivity index (χ1) is 12.7. The molecule has 0 radical (unpaired) electrons. The second kappa shape index (κ2) is 7.37. The van der Waals surface area contributed by atoms with Crippen LogP contribution in [0.3, 0.4) is 0 Å². The maximum atomic E-state index is 13.5. The van der Waals surface area contributed by atoms with Crippen LogP contribution in [0.1, 0.15) is 50.1 Å². The Balaban J connectivity index is 1.58. The topological polar surface area (TPSA) is 70.7 Å². The molecule has 3 aliphatic rings. The Kier molecular flexibility index (Phi) is 4.96. The zero-order valence-corrected chi connectivity index (χ0v) is 15.1. The molecule has 1 saturated carbocycles. The van der Waals surface area contributed by atoms with Gasteiger partial charge in [0.05, 0.1) is 25.7 Å². The van der Waals surface area contributed by atoms with Crippen LogP contribution in [0.5, 0.6) is 0 Å². The number of rotatable bonds is 3. The quantitative estimate of drug-likeness (QED) is 0.870. The lowest BCUT2D eigenvalue weighted by atomic mass is 9.78. The fourth-order valence-electron chi connectivity index (χ4n) is 4.65. The number of anilines is 1. The summed E-state index contributed by atoms with van der Waals surface area (Å²) >= 11 is 0. The summed E-state index contributed by atoms with van der Waals surface area (Å²) in [7, 11) is 0. The van der Waals surface area contributed by atoms with Gasteiger partial charge < -0.3 is 15.4 Å². The van der Waals surface area contributed by atoms with Crippen molar-refractivity contribution < 1.29 is 14.3 Å². The molecule has 4 rings (SSSR count). The Morgan fingerprint density at radius 1 is 1.15 bits per heavy atom. The van der Waals surface area contributed by atoms with Crippen LogP contribution < -0.4 is 10.6 Å². The van der Waals surface area contributed by atoms with Gasteiger partial charge >= 0.3 is 0 Å². The summed E-state index contributed by atoms with van der Waals surface area (Å²) in [6, 6.07) is 7.48. The number of benzene rings is 1. The molecule has 6 heteroatoms. The lowest BCUT2D eigenvalue weighted by molar-refractivity contribution is -0.141. The van der Waals surface area contributed by atoms with Crippen molar-refractivity contribution in [2.75, 3.05) is 31.6 Å². The van der Waals surface area contributed by atoms with Gasteiger partial charge in [-0.3, -0.25) is 14.5 Å². The average Bonchev–Trinajstić information content (AvgIpc) is 2.69. The molecule has 0 spiro atoms. The minimum Gasteiger partial charge on any atom is -0.379 e. The smallest absolute Gasteiger partial charge is 0.241 e. The molecule has 2 amide bonds. The predicted octanol–water partition coefficient (Wildman–Crippen LogP) is 2.22. The third-order valence-electron chi connectivity index (χ3n) is 6.02. The van der Waals surface area contributed by atoms with Crippen molar-refractivity contribution >= 4 is 17.5 Å². The number of nitrogens with one attached hydrogen (secondary N) is 2. The molecule has 0 aromatic heterocycles. The number of nitrogens with zero attached hydrogens (tertiary/aromatic N) is 1. The van der Waals surface area contributed by atoms with E-state index in [4.69, 9.17) is 4.74 Å². The minimum atomic E-state index is -0.453. The number of hydrogen-bond acceptors (Lipinski definition) is 4. The van der Waals surface area contributed by atoms with Crippen LogP contribution in [0.25, 0.3) is 0 Å². The van der Waals surface area contributed by atoms with E-state index >= 15 is 0 Å². The fourth-order valence-corrected chi connectivity index (χ4v) is 4.65. The predicted molar refractivity (Wildman–Crippen MR) is 98.8 cm³/mol. The lowest BCUT2D eigenvalue weighted by Crippen LogP contribution is -2.62. The van der Waals surface area contributed by atoms with E-state index in [0.29, 0.717) is 19.6 Å². The van der Waals surface area contributed by atoms with E-state index in [0.717, 1.165) is 50.0 Å². The molecule has 140 valence electrons. The van der Waals surface area contributed by atoms with Gasteiger partial charge in [-0.25, -0.2) is 0 Å². The van der Waals surface area contributed by atoms with Gasteiger partial charge in [0.25, 0.3) is 0 Å². The number of morpholine rings is 1.